The van der Waals surface area contributed by atoms with Crippen molar-refractivity contribution in [2.45, 2.75) is 61.0 Å². The van der Waals surface area contributed by atoms with Crippen LogP contribution in [-0.4, -0.2) is 65.9 Å². The molecule has 0 N–H and O–H groups in total. The molecule has 1 aromatic carbocycles. The minimum Gasteiger partial charge on any atom is -0.466 e. The number of halogens is 18. The number of alkyl halides is 17. The van der Waals surface area contributed by atoms with Crippen molar-refractivity contribution in [3.8, 4) is 0 Å². The molecule has 0 saturated heterocycles. The fourth-order valence-corrected chi connectivity index (χ4v) is 2.71. The monoisotopic (exact) mass is 643 g/mol. The van der Waals surface area contributed by atoms with Crippen LogP contribution in [0.25, 0.3) is 0 Å². The van der Waals surface area contributed by atoms with Crippen LogP contribution in [0.3, 0.4) is 0 Å². The van der Waals surface area contributed by atoms with Crippen LogP contribution in [0, 0.1) is 0 Å². The van der Waals surface area contributed by atoms with Gasteiger partial charge in [-0.25, -0.2) is 0 Å². The van der Waals surface area contributed by atoms with E-state index in [0.717, 1.165) is 19.1 Å². The zero-order valence-electron chi connectivity index (χ0n) is 18.8. The second-order valence-corrected chi connectivity index (χ2v) is 7.97. The Morgan fingerprint density at radius 1 is 0.675 bits per heavy atom. The van der Waals surface area contributed by atoms with E-state index in [1.165, 1.54) is 0 Å². The molecule has 0 atom stereocenters. The van der Waals surface area contributed by atoms with Crippen LogP contribution in [-0.2, 0) is 9.53 Å². The minimum atomic E-state index is -8.77. The molecule has 0 bridgehead atoms. The van der Waals surface area contributed by atoms with Gasteiger partial charge in [0.1, 0.15) is 5.71 Å². The number of ether oxygens (including phenoxy) is 1. The highest BCUT2D eigenvalue weighted by Crippen LogP contribution is 2.64. The quantitative estimate of drug-likeness (QED) is 0.138. The molecule has 40 heavy (non-hydrogen) atoms. The van der Waals surface area contributed by atoms with Crippen molar-refractivity contribution in [2.75, 3.05) is 6.61 Å². The summed E-state index contributed by atoms with van der Waals surface area (Å²) in [7, 11) is 0. The fraction of sp³-hybridized carbons (Fsp3) is 0.579. The second-order valence-electron chi connectivity index (χ2n) is 7.54. The van der Waals surface area contributed by atoms with Gasteiger partial charge in [0.05, 0.1) is 18.7 Å². The highest BCUT2D eigenvalue weighted by Gasteiger charge is 2.95. The van der Waals surface area contributed by atoms with Crippen molar-refractivity contribution < 1.29 is 84.2 Å². The molecule has 230 valence electrons. The third kappa shape index (κ3) is 5.50. The summed E-state index contributed by atoms with van der Waals surface area (Å²) in [4.78, 5) is 14.2. The molecule has 0 aliphatic heterocycles. The fourth-order valence-electron chi connectivity index (χ4n) is 2.59. The Bertz CT molecular complexity index is 1100. The summed E-state index contributed by atoms with van der Waals surface area (Å²) in [5.74, 6) is -59.9. The standard InChI is InChI=1S/C19H11ClF17NO2/c1-2-40-11(39)7-10(38-9-5-3-8(20)4-6-9)12(21,22)13(23,24)14(25,26)15(27,28)16(29,30)17(31,32)18(33,34)19(35,36)37/h3-6H,2,7H2,1H3. The van der Waals surface area contributed by atoms with E-state index < -0.39 is 78.0 Å². The maximum absolute atomic E-state index is 14.7. The normalized spacial score (nSPS) is 15.3. The van der Waals surface area contributed by atoms with Gasteiger partial charge in [-0.05, 0) is 31.2 Å². The third-order valence-corrected chi connectivity index (χ3v) is 5.04. The third-order valence-electron chi connectivity index (χ3n) is 4.79. The zero-order valence-corrected chi connectivity index (χ0v) is 19.5. The van der Waals surface area contributed by atoms with Crippen LogP contribution in [0.5, 0.6) is 0 Å². The van der Waals surface area contributed by atoms with E-state index in [4.69, 9.17) is 11.6 Å². The number of esters is 1. The van der Waals surface area contributed by atoms with E-state index in [9.17, 15) is 79.4 Å². The SMILES string of the molecule is CCOC(=O)CC(=Nc1ccc(Cl)cc1)C(F)(F)C(F)(F)C(F)(F)C(F)(F)C(F)(F)C(F)(F)C(F)(F)C(F)(F)F. The average Bonchev–Trinajstić information content (AvgIpc) is 2.78. The first-order chi connectivity index (χ1) is 17.6. The van der Waals surface area contributed by atoms with Crippen molar-refractivity contribution in [2.24, 2.45) is 4.99 Å². The van der Waals surface area contributed by atoms with E-state index in [2.05, 4.69) is 9.73 Å². The predicted molar refractivity (Wildman–Crippen MR) is 100 cm³/mol. The lowest BCUT2D eigenvalue weighted by Gasteiger charge is -2.42. The molecular weight excluding hydrogens is 633 g/mol. The van der Waals surface area contributed by atoms with Crippen molar-refractivity contribution in [3.63, 3.8) is 0 Å². The first-order valence-electron chi connectivity index (χ1n) is 9.78. The van der Waals surface area contributed by atoms with Crippen molar-refractivity contribution >= 4 is 29.0 Å². The van der Waals surface area contributed by atoms with E-state index in [-0.39, 0.29) is 5.02 Å². The lowest BCUT2D eigenvalue weighted by atomic mass is 9.87. The predicted octanol–water partition coefficient (Wildman–Crippen LogP) is 8.38. The Morgan fingerprint density at radius 3 is 1.43 bits per heavy atom. The molecule has 3 nitrogen and oxygen atoms in total. The number of benzene rings is 1. The summed E-state index contributed by atoms with van der Waals surface area (Å²) in [5.41, 5.74) is -3.78. The summed E-state index contributed by atoms with van der Waals surface area (Å²) in [5, 5.41) is -0.187. The summed E-state index contributed by atoms with van der Waals surface area (Å²) in [6.45, 7) is 0.298. The van der Waals surface area contributed by atoms with Crippen LogP contribution >= 0.6 is 11.6 Å². The van der Waals surface area contributed by atoms with Crippen LogP contribution < -0.4 is 0 Å². The highest BCUT2D eigenvalue weighted by molar-refractivity contribution is 6.30. The average molecular weight is 644 g/mol. The van der Waals surface area contributed by atoms with Gasteiger partial charge in [0.15, 0.2) is 0 Å². The Morgan fingerprint density at radius 2 is 1.05 bits per heavy atom. The molecular formula is C19H11ClF17NO2. The van der Waals surface area contributed by atoms with Gasteiger partial charge in [0.2, 0.25) is 0 Å². The van der Waals surface area contributed by atoms with E-state index >= 15 is 0 Å². The molecule has 0 aromatic heterocycles. The van der Waals surface area contributed by atoms with Gasteiger partial charge >= 0.3 is 53.6 Å². The molecule has 0 amide bonds. The molecule has 0 saturated carbocycles. The molecule has 21 heteroatoms. The topological polar surface area (TPSA) is 38.7 Å². The van der Waals surface area contributed by atoms with Gasteiger partial charge in [-0.3, -0.25) is 9.79 Å². The maximum atomic E-state index is 14.7. The van der Waals surface area contributed by atoms with Crippen molar-refractivity contribution in [1.82, 2.24) is 0 Å². The Labute approximate surface area is 215 Å². The largest absolute Gasteiger partial charge is 0.466 e. The van der Waals surface area contributed by atoms with E-state index in [1.807, 2.05) is 0 Å². The summed E-state index contributed by atoms with van der Waals surface area (Å²) >= 11 is 5.46. The van der Waals surface area contributed by atoms with Gasteiger partial charge in [0, 0.05) is 5.02 Å². The number of hydrogen-bond donors (Lipinski definition) is 0. The Balaban J connectivity index is 3.85. The molecule has 0 unspecified atom stereocenters. The lowest BCUT2D eigenvalue weighted by molar-refractivity contribution is -0.458. The Kier molecular flexibility index (Phi) is 9.49. The molecule has 0 aliphatic carbocycles. The molecule has 0 fully saturated rings. The number of rotatable bonds is 11. The van der Waals surface area contributed by atoms with Crippen LogP contribution in [0.2, 0.25) is 5.02 Å². The molecule has 0 radical (unpaired) electrons. The number of aliphatic imine (C=N–C) groups is 1. The smallest absolute Gasteiger partial charge is 0.460 e. The maximum Gasteiger partial charge on any atom is 0.460 e. The number of hydrogen-bond acceptors (Lipinski definition) is 3. The first kappa shape index (κ1) is 35.5. The van der Waals surface area contributed by atoms with Gasteiger partial charge < -0.3 is 4.74 Å². The molecule has 0 aliphatic rings. The zero-order chi connectivity index (χ0) is 32.0. The van der Waals surface area contributed by atoms with Gasteiger partial charge in [-0.15, -0.1) is 0 Å². The highest BCUT2D eigenvalue weighted by atomic mass is 35.5. The van der Waals surface area contributed by atoms with E-state index in [0.29, 0.717) is 12.1 Å². The van der Waals surface area contributed by atoms with Crippen LogP contribution in [0.15, 0.2) is 29.3 Å². The number of carbonyl (C=O) groups is 1. The van der Waals surface area contributed by atoms with Gasteiger partial charge in [-0.2, -0.15) is 74.6 Å². The van der Waals surface area contributed by atoms with Gasteiger partial charge in [0.25, 0.3) is 0 Å². The summed E-state index contributed by atoms with van der Waals surface area (Å²) in [6.07, 6.45) is -10.1. The second kappa shape index (κ2) is 10.7. The summed E-state index contributed by atoms with van der Waals surface area (Å²) in [6, 6.07) is 2.76. The van der Waals surface area contributed by atoms with Crippen molar-refractivity contribution in [1.29, 1.82) is 0 Å². The molecule has 1 aromatic rings. The van der Waals surface area contributed by atoms with E-state index in [1.54, 1.807) is 0 Å². The van der Waals surface area contributed by atoms with Crippen LogP contribution in [0.4, 0.5) is 80.3 Å². The summed E-state index contributed by atoms with van der Waals surface area (Å²) < 4.78 is 235. The first-order valence-corrected chi connectivity index (χ1v) is 10.2. The number of nitrogens with zero attached hydrogens (tertiary/aromatic N) is 1. The lowest BCUT2D eigenvalue weighted by Crippen LogP contribution is -2.75. The van der Waals surface area contributed by atoms with Crippen LogP contribution in [0.1, 0.15) is 13.3 Å². The number of carbonyl (C=O) groups excluding carboxylic acids is 1. The Hall–Kier alpha value is -2.54. The molecule has 0 spiro atoms. The van der Waals surface area contributed by atoms with Gasteiger partial charge in [-0.1, -0.05) is 11.6 Å². The minimum absolute atomic E-state index is 0.187. The molecule has 1 rings (SSSR count). The molecule has 0 heterocycles. The van der Waals surface area contributed by atoms with Crippen molar-refractivity contribution in [3.05, 3.63) is 29.3 Å².